The third-order valence-corrected chi connectivity index (χ3v) is 12.6. The zero-order valence-corrected chi connectivity index (χ0v) is 38.7. The number of methoxy groups -OCH3 is 8. The van der Waals surface area contributed by atoms with Crippen LogP contribution in [0.5, 0.6) is 46.0 Å². The number of benzene rings is 3. The number of nitrogens with zero attached hydrogens (tertiary/aromatic N) is 2. The van der Waals surface area contributed by atoms with Gasteiger partial charge in [-0.25, -0.2) is 9.59 Å². The minimum absolute atomic E-state index is 0.00316. The first-order chi connectivity index (χ1) is 29.9. The molecule has 15 heteroatoms. The van der Waals surface area contributed by atoms with E-state index in [1.54, 1.807) is 56.9 Å². The van der Waals surface area contributed by atoms with Crippen LogP contribution in [0.4, 0.5) is 0 Å². The molecular weight excluding hydrogens is 820 g/mol. The molecule has 1 saturated heterocycles. The summed E-state index contributed by atoms with van der Waals surface area (Å²) in [6.45, 7) is 5.48. The number of ether oxygens (including phenoxy) is 10. The van der Waals surface area contributed by atoms with E-state index < -0.39 is 11.9 Å². The second-order valence-electron chi connectivity index (χ2n) is 16.1. The topological polar surface area (TPSA) is 126 Å². The van der Waals surface area contributed by atoms with E-state index in [2.05, 4.69) is 19.2 Å². The average Bonchev–Trinajstić information content (AvgIpc) is 3.29. The van der Waals surface area contributed by atoms with Crippen LogP contribution in [0.3, 0.4) is 0 Å². The van der Waals surface area contributed by atoms with Crippen LogP contribution >= 0.6 is 11.6 Å². The Morgan fingerprint density at radius 1 is 0.629 bits per heavy atom. The summed E-state index contributed by atoms with van der Waals surface area (Å²) in [6.07, 6.45) is 7.11. The van der Waals surface area contributed by atoms with Crippen molar-refractivity contribution in [2.45, 2.75) is 57.5 Å². The zero-order chi connectivity index (χ0) is 44.9. The molecular formula is C47H65ClN2O12+2. The van der Waals surface area contributed by atoms with E-state index in [1.807, 2.05) is 24.3 Å². The first-order valence-corrected chi connectivity index (χ1v) is 21.5. The number of halogens is 1. The second-order valence-corrected chi connectivity index (χ2v) is 16.5. The maximum absolute atomic E-state index is 12.9. The van der Waals surface area contributed by atoms with Gasteiger partial charge in [-0.1, -0.05) is 11.6 Å². The smallest absolute Gasteiger partial charge is 0.350 e. The average molecular weight is 885 g/mol. The van der Waals surface area contributed by atoms with Gasteiger partial charge in [0.2, 0.25) is 11.5 Å². The fourth-order valence-corrected chi connectivity index (χ4v) is 9.24. The molecule has 1 unspecified atom stereocenters. The summed E-state index contributed by atoms with van der Waals surface area (Å²) in [5.41, 5.74) is 4.43. The molecule has 0 spiro atoms. The molecule has 0 N–H and O–H groups in total. The predicted octanol–water partition coefficient (Wildman–Crippen LogP) is 7.23. The number of likely N-dealkylation sites (N-methyl/N-ethyl adjacent to an activating group) is 1. The molecule has 5 rings (SSSR count). The van der Waals surface area contributed by atoms with Gasteiger partial charge in [0.15, 0.2) is 34.5 Å². The first-order valence-electron chi connectivity index (χ1n) is 21.1. The lowest BCUT2D eigenvalue weighted by atomic mass is 9.86. The second kappa shape index (κ2) is 22.3. The Kier molecular flexibility index (Phi) is 17.3. The number of hydrogen-bond acceptors (Lipinski definition) is 12. The summed E-state index contributed by atoms with van der Waals surface area (Å²) in [6, 6.07) is 12.1. The van der Waals surface area contributed by atoms with Gasteiger partial charge in [-0.2, -0.15) is 0 Å². The van der Waals surface area contributed by atoms with Gasteiger partial charge in [0.25, 0.3) is 0 Å². The van der Waals surface area contributed by atoms with Crippen LogP contribution in [0.15, 0.2) is 47.5 Å². The van der Waals surface area contributed by atoms with Crippen LogP contribution in [0, 0.1) is 0 Å². The molecule has 0 saturated carbocycles. The lowest BCUT2D eigenvalue weighted by molar-refractivity contribution is -0.945. The molecule has 340 valence electrons. The molecule has 0 radical (unpaired) electrons. The van der Waals surface area contributed by atoms with E-state index in [9.17, 15) is 9.59 Å². The number of carbonyl (C=O) groups excluding carboxylic acids is 2. The predicted molar refractivity (Wildman–Crippen MR) is 235 cm³/mol. The highest BCUT2D eigenvalue weighted by Crippen LogP contribution is 2.45. The van der Waals surface area contributed by atoms with Gasteiger partial charge in [0.05, 0.1) is 110 Å². The van der Waals surface area contributed by atoms with Crippen LogP contribution in [-0.4, -0.2) is 131 Å². The largest absolute Gasteiger partial charge is 0.493 e. The van der Waals surface area contributed by atoms with Gasteiger partial charge < -0.3 is 56.3 Å². The number of hydrogen-bond donors (Lipinski definition) is 0. The number of likely N-dealkylation sites (tertiary alicyclic amines) is 1. The molecule has 2 heterocycles. The monoisotopic (exact) mass is 884 g/mol. The van der Waals surface area contributed by atoms with E-state index >= 15 is 0 Å². The highest BCUT2D eigenvalue weighted by molar-refractivity contribution is 6.42. The van der Waals surface area contributed by atoms with Crippen LogP contribution in [0.25, 0.3) is 0 Å². The normalized spacial score (nSPS) is 18.2. The standard InChI is InChI=1S/C47H65ClN2O12/c1-49(20-15-34-28-38(53-2)39(54-3)29-35(34)37(49)23-32-24-40(55-4)45(59-8)41(25-32)56-5)16-13-22-62-47(52)36(48)30-44(51)61-21-14-19-50(17-11-10-12-18-50)31-33-26-42(57-6)46(60-9)43(27-33)58-7/h24-30,37H,10-23,31H2,1-9H3/q+2/b36-30-/t37-,49?/m1/s1. The van der Waals surface area contributed by atoms with Crippen LogP contribution in [-0.2, 0) is 38.4 Å². The summed E-state index contributed by atoms with van der Waals surface area (Å²) in [5.74, 6) is 3.38. The van der Waals surface area contributed by atoms with Crippen LogP contribution in [0.1, 0.15) is 60.4 Å². The van der Waals surface area contributed by atoms with Crippen molar-refractivity contribution in [2.24, 2.45) is 0 Å². The fraction of sp³-hybridized carbons (Fsp3) is 0.532. The Morgan fingerprint density at radius 2 is 1.15 bits per heavy atom. The van der Waals surface area contributed by atoms with Crippen molar-refractivity contribution in [2.75, 3.05) is 110 Å². The fourth-order valence-electron chi connectivity index (χ4n) is 9.10. The highest BCUT2D eigenvalue weighted by Gasteiger charge is 2.40. The third-order valence-electron chi connectivity index (χ3n) is 12.3. The Labute approximate surface area is 371 Å². The Morgan fingerprint density at radius 3 is 1.69 bits per heavy atom. The van der Waals surface area contributed by atoms with Crippen molar-refractivity contribution in [3.8, 4) is 46.0 Å². The molecule has 0 aliphatic carbocycles. The highest BCUT2D eigenvalue weighted by atomic mass is 35.5. The minimum atomic E-state index is -0.774. The number of esters is 2. The van der Waals surface area contributed by atoms with Gasteiger partial charge in [0, 0.05) is 42.9 Å². The summed E-state index contributed by atoms with van der Waals surface area (Å²) in [5, 5.41) is -0.328. The molecule has 14 nitrogen and oxygen atoms in total. The maximum atomic E-state index is 12.9. The van der Waals surface area contributed by atoms with E-state index in [4.69, 9.17) is 59.0 Å². The zero-order valence-electron chi connectivity index (χ0n) is 37.9. The molecule has 0 amide bonds. The number of carbonyl (C=O) groups is 2. The van der Waals surface area contributed by atoms with Crippen LogP contribution in [0.2, 0.25) is 0 Å². The first kappa shape index (κ1) is 48.0. The Bertz CT molecular complexity index is 1980. The SMILES string of the molecule is COc1cc2c(cc1OC)[C@@H](Cc1cc(OC)c(OC)c(OC)c1)[N+](C)(CCCOC(=O)/C(Cl)=C/C(=O)OCCC[N+]1(Cc3cc(OC)c(OC)c(OC)c3)CCCCC1)CC2. The number of rotatable bonds is 22. The lowest BCUT2D eigenvalue weighted by Gasteiger charge is -2.46. The third kappa shape index (κ3) is 11.5. The van der Waals surface area contributed by atoms with Crippen molar-refractivity contribution in [1.82, 2.24) is 0 Å². The maximum Gasteiger partial charge on any atom is 0.350 e. The van der Waals surface area contributed by atoms with Crippen molar-refractivity contribution < 1.29 is 65.9 Å². The summed E-state index contributed by atoms with van der Waals surface area (Å²) in [7, 11) is 15.1. The summed E-state index contributed by atoms with van der Waals surface area (Å²) >= 11 is 6.29. The van der Waals surface area contributed by atoms with Crippen molar-refractivity contribution >= 4 is 23.5 Å². The number of quaternary nitrogens is 2. The molecule has 3 aromatic carbocycles. The van der Waals surface area contributed by atoms with Gasteiger partial charge in [-0.15, -0.1) is 0 Å². The van der Waals surface area contributed by atoms with E-state index in [-0.39, 0.29) is 24.3 Å². The van der Waals surface area contributed by atoms with Crippen molar-refractivity contribution in [1.29, 1.82) is 0 Å². The molecule has 3 aromatic rings. The van der Waals surface area contributed by atoms with Crippen molar-refractivity contribution in [3.05, 3.63) is 69.8 Å². The quantitative estimate of drug-likeness (QED) is 0.0438. The Hall–Kier alpha value is -5.05. The van der Waals surface area contributed by atoms with E-state index in [1.165, 1.54) is 12.0 Å². The molecule has 1 fully saturated rings. The molecule has 2 atom stereocenters. The molecule has 2 aliphatic rings. The van der Waals surface area contributed by atoms with Gasteiger partial charge in [-0.05, 0) is 66.8 Å². The summed E-state index contributed by atoms with van der Waals surface area (Å²) in [4.78, 5) is 25.7. The minimum Gasteiger partial charge on any atom is -0.493 e. The van der Waals surface area contributed by atoms with Gasteiger partial charge in [-0.3, -0.25) is 0 Å². The molecule has 62 heavy (non-hydrogen) atoms. The van der Waals surface area contributed by atoms with E-state index in [0.29, 0.717) is 76.3 Å². The molecule has 2 aliphatic heterocycles. The van der Waals surface area contributed by atoms with Crippen LogP contribution < -0.4 is 37.9 Å². The molecule has 0 aromatic heterocycles. The molecule has 0 bridgehead atoms. The lowest BCUT2D eigenvalue weighted by Crippen LogP contribution is -2.52. The van der Waals surface area contributed by atoms with Gasteiger partial charge in [0.1, 0.15) is 17.6 Å². The number of fused-ring (bicyclic) bond motifs is 1. The van der Waals surface area contributed by atoms with Gasteiger partial charge >= 0.3 is 11.9 Å². The number of piperidine rings is 1. The van der Waals surface area contributed by atoms with Crippen molar-refractivity contribution in [3.63, 3.8) is 0 Å². The Balaban J connectivity index is 1.18. The van der Waals surface area contributed by atoms with E-state index in [0.717, 1.165) is 79.2 Å². The summed E-state index contributed by atoms with van der Waals surface area (Å²) < 4.78 is 57.6.